The number of rotatable bonds is 9. The maximum atomic E-state index is 13.6. The van der Waals surface area contributed by atoms with E-state index >= 15 is 0 Å². The van der Waals surface area contributed by atoms with Crippen LogP contribution in [0.25, 0.3) is 10.9 Å². The summed E-state index contributed by atoms with van der Waals surface area (Å²) >= 11 is 0. The summed E-state index contributed by atoms with van der Waals surface area (Å²) in [5, 5.41) is 12.9. The lowest BCUT2D eigenvalue weighted by Gasteiger charge is -2.26. The predicted octanol–water partition coefficient (Wildman–Crippen LogP) is 6.63. The SMILES string of the molecule is Cn1nnc(N(Cc2cc(C(F)(F)F)cc(C(F)(F)F)c2)Cc2cc3ccccc3nc2C(CN)CC2CCCC2)n1. The van der Waals surface area contributed by atoms with E-state index in [2.05, 4.69) is 15.4 Å². The van der Waals surface area contributed by atoms with Gasteiger partial charge in [-0.3, -0.25) is 4.98 Å². The van der Waals surface area contributed by atoms with Crippen LogP contribution < -0.4 is 10.6 Å². The fourth-order valence-corrected chi connectivity index (χ4v) is 5.76. The van der Waals surface area contributed by atoms with Crippen LogP contribution in [0.2, 0.25) is 0 Å². The number of tetrazole rings is 1. The molecule has 0 saturated heterocycles. The Hall–Kier alpha value is -3.74. The van der Waals surface area contributed by atoms with Crippen molar-refractivity contribution in [1.29, 1.82) is 0 Å². The molecule has 1 aliphatic rings. The number of alkyl halides is 6. The van der Waals surface area contributed by atoms with Gasteiger partial charge in [-0.2, -0.15) is 31.1 Å². The lowest BCUT2D eigenvalue weighted by molar-refractivity contribution is -0.143. The Balaban J connectivity index is 1.57. The number of pyridine rings is 1. The maximum Gasteiger partial charge on any atom is 0.416 e. The highest BCUT2D eigenvalue weighted by atomic mass is 19.4. The molecular formula is C29H31F6N7. The number of anilines is 1. The van der Waals surface area contributed by atoms with Crippen LogP contribution in [-0.4, -0.2) is 31.7 Å². The van der Waals surface area contributed by atoms with Crippen LogP contribution in [-0.2, 0) is 32.5 Å². The summed E-state index contributed by atoms with van der Waals surface area (Å²) in [6.45, 7) is 0.0826. The molecule has 2 aromatic heterocycles. The molecule has 224 valence electrons. The first kappa shape index (κ1) is 29.7. The molecule has 2 heterocycles. The largest absolute Gasteiger partial charge is 0.416 e. The number of aryl methyl sites for hydroxylation is 1. The molecule has 7 nitrogen and oxygen atoms in total. The molecule has 0 aliphatic heterocycles. The van der Waals surface area contributed by atoms with E-state index in [-0.39, 0.29) is 36.6 Å². The zero-order valence-corrected chi connectivity index (χ0v) is 23.0. The van der Waals surface area contributed by atoms with E-state index in [0.717, 1.165) is 53.6 Å². The third-order valence-electron chi connectivity index (χ3n) is 7.76. The van der Waals surface area contributed by atoms with E-state index in [4.69, 9.17) is 10.7 Å². The summed E-state index contributed by atoms with van der Waals surface area (Å²) in [4.78, 5) is 7.67. The summed E-state index contributed by atoms with van der Waals surface area (Å²) in [6, 6.07) is 11.1. The number of hydrogen-bond acceptors (Lipinski definition) is 6. The van der Waals surface area contributed by atoms with Crippen molar-refractivity contribution >= 4 is 16.9 Å². The van der Waals surface area contributed by atoms with Crippen molar-refractivity contribution in [2.45, 2.75) is 63.5 Å². The van der Waals surface area contributed by atoms with E-state index in [1.165, 1.54) is 29.6 Å². The van der Waals surface area contributed by atoms with Crippen molar-refractivity contribution in [3.05, 3.63) is 76.5 Å². The number of halogens is 6. The number of para-hydroxylation sites is 1. The number of nitrogens with zero attached hydrogens (tertiary/aromatic N) is 6. The Bertz CT molecular complexity index is 1490. The Morgan fingerprint density at radius 1 is 0.952 bits per heavy atom. The minimum absolute atomic E-state index is 0.0580. The number of aromatic nitrogens is 5. The molecule has 5 rings (SSSR count). The molecule has 0 bridgehead atoms. The lowest BCUT2D eigenvalue weighted by atomic mass is 9.88. The topological polar surface area (TPSA) is 85.8 Å². The van der Waals surface area contributed by atoms with Gasteiger partial charge in [0.05, 0.1) is 29.4 Å². The number of hydrogen-bond donors (Lipinski definition) is 1. The first-order valence-electron chi connectivity index (χ1n) is 13.8. The third-order valence-corrected chi connectivity index (χ3v) is 7.76. The van der Waals surface area contributed by atoms with Crippen LogP contribution in [0.4, 0.5) is 32.3 Å². The van der Waals surface area contributed by atoms with E-state index in [9.17, 15) is 26.3 Å². The van der Waals surface area contributed by atoms with E-state index in [0.29, 0.717) is 12.5 Å². The first-order valence-corrected chi connectivity index (χ1v) is 13.8. The van der Waals surface area contributed by atoms with Gasteiger partial charge in [-0.15, -0.1) is 5.10 Å². The number of nitrogens with two attached hydrogens (primary N) is 1. The van der Waals surface area contributed by atoms with Crippen molar-refractivity contribution in [2.24, 2.45) is 18.7 Å². The smallest absolute Gasteiger partial charge is 0.330 e. The summed E-state index contributed by atoms with van der Waals surface area (Å²) in [7, 11) is 1.52. The normalized spacial score (nSPS) is 15.4. The molecule has 13 heteroatoms. The number of fused-ring (bicyclic) bond motifs is 1. The highest BCUT2D eigenvalue weighted by Gasteiger charge is 2.37. The highest BCUT2D eigenvalue weighted by Crippen LogP contribution is 2.38. The van der Waals surface area contributed by atoms with Gasteiger partial charge in [0.1, 0.15) is 0 Å². The Labute approximate surface area is 238 Å². The summed E-state index contributed by atoms with van der Waals surface area (Å²) < 4.78 is 81.6. The number of benzene rings is 2. The predicted molar refractivity (Wildman–Crippen MR) is 145 cm³/mol. The van der Waals surface area contributed by atoms with Crippen LogP contribution in [0.15, 0.2) is 48.5 Å². The minimum atomic E-state index is -4.96. The molecule has 1 fully saturated rings. The molecule has 2 aromatic carbocycles. The molecule has 42 heavy (non-hydrogen) atoms. The second-order valence-corrected chi connectivity index (χ2v) is 10.9. The van der Waals surface area contributed by atoms with E-state index < -0.39 is 23.5 Å². The average Bonchev–Trinajstić information content (AvgIpc) is 3.61. The zero-order chi connectivity index (χ0) is 30.1. The fraction of sp³-hybridized carbons (Fsp3) is 0.448. The van der Waals surface area contributed by atoms with Crippen LogP contribution in [0, 0.1) is 5.92 Å². The Morgan fingerprint density at radius 3 is 2.21 bits per heavy atom. The average molecular weight is 592 g/mol. The van der Waals surface area contributed by atoms with Gasteiger partial charge in [-0.25, -0.2) is 0 Å². The van der Waals surface area contributed by atoms with Gasteiger partial charge in [-0.1, -0.05) is 49.0 Å². The summed E-state index contributed by atoms with van der Waals surface area (Å²) in [6.07, 6.45) is -4.50. The van der Waals surface area contributed by atoms with E-state index in [1.54, 1.807) is 0 Å². The Morgan fingerprint density at radius 2 is 1.62 bits per heavy atom. The Kier molecular flexibility index (Phi) is 8.40. The second-order valence-electron chi connectivity index (χ2n) is 10.9. The molecule has 1 saturated carbocycles. The zero-order valence-electron chi connectivity index (χ0n) is 23.0. The summed E-state index contributed by atoms with van der Waals surface area (Å²) in [5.74, 6) is 0.501. The maximum absolute atomic E-state index is 13.6. The molecule has 0 radical (unpaired) electrons. The highest BCUT2D eigenvalue weighted by molar-refractivity contribution is 5.79. The quantitative estimate of drug-likeness (QED) is 0.220. The van der Waals surface area contributed by atoms with Crippen molar-refractivity contribution < 1.29 is 26.3 Å². The lowest BCUT2D eigenvalue weighted by Crippen LogP contribution is -2.27. The van der Waals surface area contributed by atoms with Crippen molar-refractivity contribution in [3.8, 4) is 0 Å². The molecule has 1 unspecified atom stereocenters. The molecular weight excluding hydrogens is 560 g/mol. The van der Waals surface area contributed by atoms with Crippen LogP contribution in [0.5, 0.6) is 0 Å². The van der Waals surface area contributed by atoms with Crippen LogP contribution >= 0.6 is 0 Å². The molecule has 1 aliphatic carbocycles. The van der Waals surface area contributed by atoms with Crippen molar-refractivity contribution in [3.63, 3.8) is 0 Å². The monoisotopic (exact) mass is 591 g/mol. The van der Waals surface area contributed by atoms with Gasteiger partial charge in [0.25, 0.3) is 5.95 Å². The molecule has 0 amide bonds. The molecule has 1 atom stereocenters. The third kappa shape index (κ3) is 6.83. The second kappa shape index (κ2) is 11.9. The molecule has 2 N–H and O–H groups in total. The standard InChI is InChI=1S/C29H31F6N7/c1-41-39-27(38-40-41)42(16-19-11-23(28(30,31)32)14-24(12-19)29(33,34)35)17-22-13-20-8-4-5-9-25(20)37-26(22)21(15-36)10-18-6-2-3-7-18/h4-5,8-9,11-14,18,21H,2-3,6-7,10,15-17,36H2,1H3. The van der Waals surface area contributed by atoms with Gasteiger partial charge < -0.3 is 10.6 Å². The van der Waals surface area contributed by atoms with E-state index in [1.807, 2.05) is 30.3 Å². The fourth-order valence-electron chi connectivity index (χ4n) is 5.76. The van der Waals surface area contributed by atoms with Gasteiger partial charge in [0, 0.05) is 30.9 Å². The summed E-state index contributed by atoms with van der Waals surface area (Å²) in [5.41, 5.74) is 5.60. The van der Waals surface area contributed by atoms with Gasteiger partial charge in [0.2, 0.25) is 0 Å². The van der Waals surface area contributed by atoms with Crippen LogP contribution in [0.3, 0.4) is 0 Å². The first-order chi connectivity index (χ1) is 19.9. The van der Waals surface area contributed by atoms with Crippen molar-refractivity contribution in [2.75, 3.05) is 11.4 Å². The van der Waals surface area contributed by atoms with Gasteiger partial charge >= 0.3 is 12.4 Å². The van der Waals surface area contributed by atoms with Gasteiger partial charge in [-0.05, 0) is 59.0 Å². The van der Waals surface area contributed by atoms with Crippen molar-refractivity contribution in [1.82, 2.24) is 25.2 Å². The molecule has 0 spiro atoms. The van der Waals surface area contributed by atoms with Crippen LogP contribution in [0.1, 0.15) is 66.0 Å². The minimum Gasteiger partial charge on any atom is -0.330 e. The van der Waals surface area contributed by atoms with Gasteiger partial charge in [0.15, 0.2) is 0 Å². The molecule has 4 aromatic rings.